The minimum Gasteiger partial charge on any atom is -0.462 e. The molecule has 0 fully saturated rings. The Kier molecular flexibility index (Phi) is 5.95. The second kappa shape index (κ2) is 8.15. The van der Waals surface area contributed by atoms with Crippen LogP contribution in [0.2, 0.25) is 0 Å². The molecule has 0 aliphatic rings. The second-order valence-electron chi connectivity index (χ2n) is 4.98. The van der Waals surface area contributed by atoms with Crippen LogP contribution in [0.3, 0.4) is 0 Å². The molecular formula is C17H14F3N3O2. The zero-order valence-electron chi connectivity index (χ0n) is 13.2. The highest BCUT2D eigenvalue weighted by Gasteiger charge is 2.29. The molecule has 1 aromatic heterocycles. The van der Waals surface area contributed by atoms with Gasteiger partial charge < -0.3 is 9.57 Å². The van der Waals surface area contributed by atoms with E-state index in [1.165, 1.54) is 18.3 Å². The SMILES string of the molecule is C/C(=N\OCc1ccc(C(F)(F)F)cc1)c1ccc(OCC#N)nc1. The van der Waals surface area contributed by atoms with Crippen LogP contribution in [0.5, 0.6) is 5.88 Å². The number of hydrogen-bond acceptors (Lipinski definition) is 5. The Morgan fingerprint density at radius 2 is 1.92 bits per heavy atom. The summed E-state index contributed by atoms with van der Waals surface area (Å²) in [5, 5.41) is 12.3. The Hall–Kier alpha value is -3.08. The molecule has 0 radical (unpaired) electrons. The molecule has 0 bridgehead atoms. The number of alkyl halides is 3. The highest BCUT2D eigenvalue weighted by molar-refractivity contribution is 5.98. The Morgan fingerprint density at radius 1 is 1.20 bits per heavy atom. The number of rotatable bonds is 6. The number of benzene rings is 1. The minimum atomic E-state index is -4.36. The van der Waals surface area contributed by atoms with Crippen molar-refractivity contribution in [1.82, 2.24) is 4.98 Å². The average molecular weight is 349 g/mol. The number of hydrogen-bond donors (Lipinski definition) is 0. The maximum Gasteiger partial charge on any atom is 0.416 e. The van der Waals surface area contributed by atoms with Gasteiger partial charge in [-0.2, -0.15) is 18.4 Å². The summed E-state index contributed by atoms with van der Waals surface area (Å²) in [6.07, 6.45) is -2.84. The first-order valence-corrected chi connectivity index (χ1v) is 7.19. The van der Waals surface area contributed by atoms with E-state index in [9.17, 15) is 13.2 Å². The van der Waals surface area contributed by atoms with E-state index in [1.807, 2.05) is 6.07 Å². The molecule has 0 saturated heterocycles. The van der Waals surface area contributed by atoms with Crippen LogP contribution >= 0.6 is 0 Å². The van der Waals surface area contributed by atoms with Gasteiger partial charge in [-0.3, -0.25) is 0 Å². The molecule has 0 aliphatic heterocycles. The van der Waals surface area contributed by atoms with E-state index in [4.69, 9.17) is 14.8 Å². The molecular weight excluding hydrogens is 335 g/mol. The average Bonchev–Trinajstić information content (AvgIpc) is 2.60. The minimum absolute atomic E-state index is 0.0479. The number of ether oxygens (including phenoxy) is 1. The van der Waals surface area contributed by atoms with Gasteiger partial charge in [-0.25, -0.2) is 4.98 Å². The fourth-order valence-corrected chi connectivity index (χ4v) is 1.83. The van der Waals surface area contributed by atoms with Crippen LogP contribution in [0.4, 0.5) is 13.2 Å². The number of pyridine rings is 1. The van der Waals surface area contributed by atoms with Crippen molar-refractivity contribution >= 4 is 5.71 Å². The van der Waals surface area contributed by atoms with E-state index in [0.717, 1.165) is 12.1 Å². The first-order valence-electron chi connectivity index (χ1n) is 7.19. The fourth-order valence-electron chi connectivity index (χ4n) is 1.83. The standard InChI is InChI=1S/C17H14F3N3O2/c1-12(14-4-7-16(22-10-14)24-9-8-21)23-25-11-13-2-5-15(6-3-13)17(18,19)20/h2-7,10H,9,11H2,1H3/b23-12+. The normalized spacial score (nSPS) is 11.7. The maximum absolute atomic E-state index is 12.5. The second-order valence-corrected chi connectivity index (χ2v) is 4.98. The first kappa shape index (κ1) is 18.3. The highest BCUT2D eigenvalue weighted by Crippen LogP contribution is 2.29. The lowest BCUT2D eigenvalue weighted by Crippen LogP contribution is -2.04. The summed E-state index contributed by atoms with van der Waals surface area (Å²) in [4.78, 5) is 9.18. The summed E-state index contributed by atoms with van der Waals surface area (Å²) in [6, 6.07) is 9.83. The van der Waals surface area contributed by atoms with Crippen LogP contribution in [0, 0.1) is 11.3 Å². The molecule has 0 saturated carbocycles. The van der Waals surface area contributed by atoms with Gasteiger partial charge in [0.25, 0.3) is 0 Å². The van der Waals surface area contributed by atoms with Gasteiger partial charge in [0.2, 0.25) is 5.88 Å². The summed E-state index contributed by atoms with van der Waals surface area (Å²) in [6.45, 7) is 1.67. The summed E-state index contributed by atoms with van der Waals surface area (Å²) in [7, 11) is 0. The number of aromatic nitrogens is 1. The van der Waals surface area contributed by atoms with Crippen molar-refractivity contribution in [3.05, 3.63) is 59.3 Å². The summed E-state index contributed by atoms with van der Waals surface area (Å²) < 4.78 is 42.5. The van der Waals surface area contributed by atoms with Crippen LogP contribution in [0.25, 0.3) is 0 Å². The first-order chi connectivity index (χ1) is 11.9. The molecule has 0 unspecified atom stereocenters. The largest absolute Gasteiger partial charge is 0.462 e. The van der Waals surface area contributed by atoms with Crippen LogP contribution < -0.4 is 4.74 Å². The van der Waals surface area contributed by atoms with Crippen molar-refractivity contribution in [3.8, 4) is 11.9 Å². The molecule has 25 heavy (non-hydrogen) atoms. The quantitative estimate of drug-likeness (QED) is 0.585. The lowest BCUT2D eigenvalue weighted by atomic mass is 10.1. The van der Waals surface area contributed by atoms with E-state index in [-0.39, 0.29) is 13.2 Å². The molecule has 0 N–H and O–H groups in total. The van der Waals surface area contributed by atoms with Gasteiger partial charge in [-0.15, -0.1) is 0 Å². The van der Waals surface area contributed by atoms with Crippen molar-refractivity contribution in [2.75, 3.05) is 6.61 Å². The van der Waals surface area contributed by atoms with E-state index < -0.39 is 11.7 Å². The lowest BCUT2D eigenvalue weighted by molar-refractivity contribution is -0.137. The van der Waals surface area contributed by atoms with Gasteiger partial charge in [0.15, 0.2) is 6.61 Å². The molecule has 1 aromatic carbocycles. The van der Waals surface area contributed by atoms with Gasteiger partial charge in [0.1, 0.15) is 12.7 Å². The molecule has 0 atom stereocenters. The number of nitriles is 1. The van der Waals surface area contributed by atoms with Crippen molar-refractivity contribution < 1.29 is 22.7 Å². The molecule has 8 heteroatoms. The van der Waals surface area contributed by atoms with Crippen LogP contribution in [-0.4, -0.2) is 17.3 Å². The summed E-state index contributed by atoms with van der Waals surface area (Å²) >= 11 is 0. The maximum atomic E-state index is 12.5. The fraction of sp³-hybridized carbons (Fsp3) is 0.235. The summed E-state index contributed by atoms with van der Waals surface area (Å²) in [5.74, 6) is 0.323. The lowest BCUT2D eigenvalue weighted by Gasteiger charge is -2.07. The summed E-state index contributed by atoms with van der Waals surface area (Å²) in [5.41, 5.74) is 1.10. The van der Waals surface area contributed by atoms with Crippen LogP contribution in [-0.2, 0) is 17.6 Å². The Labute approximate surface area is 142 Å². The van der Waals surface area contributed by atoms with Gasteiger partial charge >= 0.3 is 6.18 Å². The predicted molar refractivity (Wildman–Crippen MR) is 83.8 cm³/mol. The molecule has 0 amide bonds. The van der Waals surface area contributed by atoms with E-state index in [2.05, 4.69) is 10.1 Å². The van der Waals surface area contributed by atoms with Crippen molar-refractivity contribution in [3.63, 3.8) is 0 Å². The topological polar surface area (TPSA) is 67.5 Å². The molecule has 130 valence electrons. The third kappa shape index (κ3) is 5.49. The molecule has 0 aliphatic carbocycles. The van der Waals surface area contributed by atoms with Gasteiger partial charge in [0.05, 0.1) is 11.3 Å². The predicted octanol–water partition coefficient (Wildman–Crippen LogP) is 3.94. The Balaban J connectivity index is 1.92. The third-order valence-corrected chi connectivity index (χ3v) is 3.15. The number of halogens is 3. The molecule has 2 aromatic rings. The van der Waals surface area contributed by atoms with Crippen molar-refractivity contribution in [2.24, 2.45) is 5.16 Å². The number of oxime groups is 1. The zero-order chi connectivity index (χ0) is 18.3. The van der Waals surface area contributed by atoms with Crippen molar-refractivity contribution in [2.45, 2.75) is 19.7 Å². The zero-order valence-corrected chi connectivity index (χ0v) is 13.2. The molecule has 1 heterocycles. The van der Waals surface area contributed by atoms with Gasteiger partial charge in [-0.1, -0.05) is 17.3 Å². The van der Waals surface area contributed by atoms with E-state index in [1.54, 1.807) is 19.1 Å². The van der Waals surface area contributed by atoms with Crippen LogP contribution in [0.15, 0.2) is 47.8 Å². The molecule has 0 spiro atoms. The Morgan fingerprint density at radius 3 is 2.48 bits per heavy atom. The highest BCUT2D eigenvalue weighted by atomic mass is 19.4. The van der Waals surface area contributed by atoms with Gasteiger partial charge in [0, 0.05) is 17.8 Å². The van der Waals surface area contributed by atoms with Crippen LogP contribution in [0.1, 0.15) is 23.6 Å². The van der Waals surface area contributed by atoms with E-state index in [0.29, 0.717) is 22.7 Å². The number of nitrogens with zero attached hydrogens (tertiary/aromatic N) is 3. The van der Waals surface area contributed by atoms with Crippen molar-refractivity contribution in [1.29, 1.82) is 5.26 Å². The monoisotopic (exact) mass is 349 g/mol. The smallest absolute Gasteiger partial charge is 0.416 e. The third-order valence-electron chi connectivity index (χ3n) is 3.15. The molecule has 5 nitrogen and oxygen atoms in total. The Bertz CT molecular complexity index is 764. The van der Waals surface area contributed by atoms with Gasteiger partial charge in [-0.05, 0) is 30.7 Å². The van der Waals surface area contributed by atoms with E-state index >= 15 is 0 Å². The molecule has 2 rings (SSSR count).